The lowest BCUT2D eigenvalue weighted by molar-refractivity contribution is 0.0950. The molecule has 0 atom stereocenters. The average molecular weight is 342 g/mol. The third-order valence-electron chi connectivity index (χ3n) is 3.30. The fourth-order valence-electron chi connectivity index (χ4n) is 2.12. The fraction of sp³-hybridized carbons (Fsp3) is 0.333. The Kier molecular flexibility index (Phi) is 5.69. The maximum absolute atomic E-state index is 12.0. The number of aryl methyl sites for hydroxylation is 2. The zero-order valence-corrected chi connectivity index (χ0v) is 13.7. The van der Waals surface area contributed by atoms with Crippen molar-refractivity contribution >= 4 is 29.1 Å². The van der Waals surface area contributed by atoms with E-state index in [0.717, 1.165) is 25.2 Å². The highest BCUT2D eigenvalue weighted by Gasteiger charge is 2.16. The van der Waals surface area contributed by atoms with Crippen LogP contribution >= 0.6 is 23.2 Å². The normalized spacial score (nSPS) is 10.7. The number of phenols is 1. The van der Waals surface area contributed by atoms with Gasteiger partial charge in [-0.1, -0.05) is 23.2 Å². The summed E-state index contributed by atoms with van der Waals surface area (Å²) in [7, 11) is 0. The van der Waals surface area contributed by atoms with Crippen LogP contribution in [-0.4, -0.2) is 27.1 Å². The number of phenolic OH excluding ortho intramolecular Hbond substituents is 1. The number of aromatic hydroxyl groups is 1. The molecule has 2 aromatic rings. The highest BCUT2D eigenvalue weighted by Crippen LogP contribution is 2.29. The highest BCUT2D eigenvalue weighted by atomic mass is 35.5. The van der Waals surface area contributed by atoms with Gasteiger partial charge in [0.15, 0.2) is 0 Å². The molecule has 22 heavy (non-hydrogen) atoms. The Balaban J connectivity index is 1.80. The minimum absolute atomic E-state index is 0.0523. The number of unbranched alkanes of at least 4 members (excludes halogenated alkanes) is 1. The number of nitrogens with one attached hydrogen (secondary N) is 1. The van der Waals surface area contributed by atoms with Crippen LogP contribution < -0.4 is 5.32 Å². The van der Waals surface area contributed by atoms with Crippen molar-refractivity contribution < 1.29 is 9.90 Å². The predicted molar refractivity (Wildman–Crippen MR) is 86.7 cm³/mol. The van der Waals surface area contributed by atoms with E-state index in [2.05, 4.69) is 14.9 Å². The van der Waals surface area contributed by atoms with Gasteiger partial charge in [0.2, 0.25) is 0 Å². The molecule has 0 saturated carbocycles. The van der Waals surface area contributed by atoms with E-state index in [-0.39, 0.29) is 21.4 Å². The van der Waals surface area contributed by atoms with Crippen molar-refractivity contribution in [3.63, 3.8) is 0 Å². The van der Waals surface area contributed by atoms with E-state index in [4.69, 9.17) is 23.2 Å². The van der Waals surface area contributed by atoms with Crippen molar-refractivity contribution in [2.45, 2.75) is 26.3 Å². The van der Waals surface area contributed by atoms with Gasteiger partial charge in [-0.15, -0.1) is 0 Å². The first kappa shape index (κ1) is 16.6. The summed E-state index contributed by atoms with van der Waals surface area (Å²) in [6.07, 6.45) is 5.43. The summed E-state index contributed by atoms with van der Waals surface area (Å²) < 4.78 is 2.06. The quantitative estimate of drug-likeness (QED) is 0.791. The third-order valence-corrected chi connectivity index (χ3v) is 3.81. The SMILES string of the molecule is Cc1nccn1CCCCNC(=O)c1c(O)cc(Cl)cc1Cl. The Hall–Kier alpha value is -1.72. The molecule has 1 amide bonds. The number of hydrogen-bond donors (Lipinski definition) is 2. The second-order valence-electron chi connectivity index (χ2n) is 4.91. The summed E-state index contributed by atoms with van der Waals surface area (Å²) in [6, 6.07) is 2.73. The molecular formula is C15H17Cl2N3O2. The summed E-state index contributed by atoms with van der Waals surface area (Å²) >= 11 is 11.7. The molecule has 1 aromatic carbocycles. The fourth-order valence-corrected chi connectivity index (χ4v) is 2.69. The summed E-state index contributed by atoms with van der Waals surface area (Å²) in [4.78, 5) is 16.2. The number of hydrogen-bond acceptors (Lipinski definition) is 3. The molecule has 0 radical (unpaired) electrons. The first-order chi connectivity index (χ1) is 10.5. The standard InChI is InChI=1S/C15H17Cl2N3O2/c1-10-18-5-7-20(10)6-3-2-4-19-15(22)14-12(17)8-11(16)9-13(14)21/h5,7-9,21H,2-4,6H2,1H3,(H,19,22). The second kappa shape index (κ2) is 7.51. The Labute approximate surface area is 138 Å². The van der Waals surface area contributed by atoms with Crippen LogP contribution in [-0.2, 0) is 6.54 Å². The highest BCUT2D eigenvalue weighted by molar-refractivity contribution is 6.37. The van der Waals surface area contributed by atoms with Gasteiger partial charge in [0.25, 0.3) is 5.91 Å². The van der Waals surface area contributed by atoms with Crippen LogP contribution in [0.1, 0.15) is 29.0 Å². The minimum Gasteiger partial charge on any atom is -0.507 e. The summed E-state index contributed by atoms with van der Waals surface area (Å²) in [5.74, 6) is 0.351. The molecular weight excluding hydrogens is 325 g/mol. The maximum Gasteiger partial charge on any atom is 0.256 e. The first-order valence-electron chi connectivity index (χ1n) is 6.93. The van der Waals surface area contributed by atoms with E-state index < -0.39 is 5.91 Å². The van der Waals surface area contributed by atoms with E-state index in [1.165, 1.54) is 12.1 Å². The Bertz CT molecular complexity index is 648. The number of benzene rings is 1. The largest absolute Gasteiger partial charge is 0.507 e. The number of amides is 1. The monoisotopic (exact) mass is 341 g/mol. The molecule has 0 saturated heterocycles. The second-order valence-corrected chi connectivity index (χ2v) is 5.76. The van der Waals surface area contributed by atoms with Crippen LogP contribution in [0.5, 0.6) is 5.75 Å². The van der Waals surface area contributed by atoms with Crippen molar-refractivity contribution in [2.75, 3.05) is 6.54 Å². The summed E-state index contributed by atoms with van der Waals surface area (Å²) in [6.45, 7) is 3.31. The molecule has 7 heteroatoms. The van der Waals surface area contributed by atoms with Gasteiger partial charge in [-0.05, 0) is 31.9 Å². The predicted octanol–water partition coefficient (Wildman–Crippen LogP) is 3.41. The average Bonchev–Trinajstić information content (AvgIpc) is 2.83. The van der Waals surface area contributed by atoms with Crippen LogP contribution in [0.4, 0.5) is 0 Å². The van der Waals surface area contributed by atoms with Gasteiger partial charge in [-0.3, -0.25) is 4.79 Å². The lowest BCUT2D eigenvalue weighted by Crippen LogP contribution is -2.25. The number of aromatic nitrogens is 2. The van der Waals surface area contributed by atoms with Gasteiger partial charge in [0, 0.05) is 30.5 Å². The molecule has 5 nitrogen and oxygen atoms in total. The van der Waals surface area contributed by atoms with Crippen LogP contribution in [0.3, 0.4) is 0 Å². The Morgan fingerprint density at radius 1 is 1.36 bits per heavy atom. The number of rotatable bonds is 6. The molecule has 118 valence electrons. The van der Waals surface area contributed by atoms with E-state index >= 15 is 0 Å². The molecule has 0 bridgehead atoms. The zero-order chi connectivity index (χ0) is 16.1. The van der Waals surface area contributed by atoms with E-state index in [1.54, 1.807) is 6.20 Å². The number of carbonyl (C=O) groups excluding carboxylic acids is 1. The van der Waals surface area contributed by atoms with Gasteiger partial charge >= 0.3 is 0 Å². The van der Waals surface area contributed by atoms with Crippen molar-refractivity contribution in [2.24, 2.45) is 0 Å². The molecule has 0 spiro atoms. The molecule has 0 fully saturated rings. The zero-order valence-electron chi connectivity index (χ0n) is 12.1. The smallest absolute Gasteiger partial charge is 0.256 e. The number of carbonyl (C=O) groups is 1. The summed E-state index contributed by atoms with van der Waals surface area (Å²) in [5.41, 5.74) is 0.0523. The Morgan fingerprint density at radius 2 is 2.14 bits per heavy atom. The lowest BCUT2D eigenvalue weighted by atomic mass is 10.2. The molecule has 1 aromatic heterocycles. The van der Waals surface area contributed by atoms with Gasteiger partial charge < -0.3 is 15.0 Å². The van der Waals surface area contributed by atoms with Crippen LogP contribution in [0.15, 0.2) is 24.5 Å². The molecule has 2 rings (SSSR count). The van der Waals surface area contributed by atoms with Gasteiger partial charge in [-0.2, -0.15) is 0 Å². The summed E-state index contributed by atoms with van der Waals surface area (Å²) in [5, 5.41) is 12.9. The lowest BCUT2D eigenvalue weighted by Gasteiger charge is -2.09. The van der Waals surface area contributed by atoms with Crippen LogP contribution in [0, 0.1) is 6.92 Å². The topological polar surface area (TPSA) is 67.2 Å². The van der Waals surface area contributed by atoms with Crippen molar-refractivity contribution in [3.05, 3.63) is 46.0 Å². The molecule has 2 N–H and O–H groups in total. The van der Waals surface area contributed by atoms with Crippen molar-refractivity contribution in [3.8, 4) is 5.75 Å². The van der Waals surface area contributed by atoms with E-state index in [0.29, 0.717) is 6.54 Å². The van der Waals surface area contributed by atoms with Gasteiger partial charge in [0.05, 0.1) is 10.6 Å². The van der Waals surface area contributed by atoms with Crippen LogP contribution in [0.25, 0.3) is 0 Å². The Morgan fingerprint density at radius 3 is 2.77 bits per heavy atom. The minimum atomic E-state index is -0.405. The molecule has 1 heterocycles. The van der Waals surface area contributed by atoms with Crippen molar-refractivity contribution in [1.82, 2.24) is 14.9 Å². The first-order valence-corrected chi connectivity index (χ1v) is 7.68. The van der Waals surface area contributed by atoms with Crippen molar-refractivity contribution in [1.29, 1.82) is 0 Å². The number of halogens is 2. The molecule has 0 aliphatic rings. The van der Waals surface area contributed by atoms with E-state index in [9.17, 15) is 9.90 Å². The molecule has 0 aliphatic heterocycles. The molecule has 0 unspecified atom stereocenters. The number of imidazole rings is 1. The number of nitrogens with zero attached hydrogens (tertiary/aromatic N) is 2. The maximum atomic E-state index is 12.0. The van der Waals surface area contributed by atoms with E-state index in [1.807, 2.05) is 13.1 Å². The molecule has 0 aliphatic carbocycles. The van der Waals surface area contributed by atoms with Gasteiger partial charge in [0.1, 0.15) is 11.6 Å². The third kappa shape index (κ3) is 4.15. The van der Waals surface area contributed by atoms with Gasteiger partial charge in [-0.25, -0.2) is 4.98 Å². The van der Waals surface area contributed by atoms with Crippen LogP contribution in [0.2, 0.25) is 10.0 Å².